The Bertz CT molecular complexity index is 285. The van der Waals surface area contributed by atoms with Gasteiger partial charge < -0.3 is 10.6 Å². The zero-order valence-corrected chi connectivity index (χ0v) is 12.4. The molecular formula is C14H27ClN2O. The number of hydrogen-bond donors (Lipinski definition) is 1. The molecule has 0 spiro atoms. The van der Waals surface area contributed by atoms with E-state index in [9.17, 15) is 4.79 Å². The third-order valence-corrected chi connectivity index (χ3v) is 4.44. The Morgan fingerprint density at radius 3 is 2.67 bits per heavy atom. The molecule has 2 N–H and O–H groups in total. The summed E-state index contributed by atoms with van der Waals surface area (Å²) in [5.41, 5.74) is 5.99. The van der Waals surface area contributed by atoms with Gasteiger partial charge in [-0.1, -0.05) is 20.3 Å². The standard InChI is InChI=1S/C14H26N2O.ClH/c1-3-13-7-10(2)9-16(13)14(17)11-5-4-6-12(15)8-11;/h10-13H,3-9,15H2,1-2H3;1H. The second kappa shape index (κ2) is 6.76. The monoisotopic (exact) mass is 274 g/mol. The first-order valence-electron chi connectivity index (χ1n) is 7.17. The van der Waals surface area contributed by atoms with Crippen LogP contribution in [0.3, 0.4) is 0 Å². The molecule has 1 heterocycles. The Balaban J connectivity index is 0.00000162. The second-order valence-corrected chi connectivity index (χ2v) is 6.02. The quantitative estimate of drug-likeness (QED) is 0.841. The second-order valence-electron chi connectivity index (χ2n) is 6.02. The highest BCUT2D eigenvalue weighted by atomic mass is 35.5. The van der Waals surface area contributed by atoms with Crippen LogP contribution in [-0.4, -0.2) is 29.4 Å². The lowest BCUT2D eigenvalue weighted by Gasteiger charge is -2.32. The van der Waals surface area contributed by atoms with Crippen molar-refractivity contribution < 1.29 is 4.79 Å². The smallest absolute Gasteiger partial charge is 0.225 e. The molecule has 0 aromatic rings. The molecule has 2 fully saturated rings. The fraction of sp³-hybridized carbons (Fsp3) is 0.929. The molecule has 1 amide bonds. The van der Waals surface area contributed by atoms with Crippen LogP contribution >= 0.6 is 12.4 Å². The first kappa shape index (κ1) is 15.8. The van der Waals surface area contributed by atoms with Gasteiger partial charge in [0.05, 0.1) is 0 Å². The Labute approximate surface area is 117 Å². The maximum atomic E-state index is 12.5. The number of carbonyl (C=O) groups is 1. The van der Waals surface area contributed by atoms with Crippen LogP contribution in [-0.2, 0) is 4.79 Å². The minimum Gasteiger partial charge on any atom is -0.339 e. The van der Waals surface area contributed by atoms with Crippen LogP contribution in [0.25, 0.3) is 0 Å². The topological polar surface area (TPSA) is 46.3 Å². The van der Waals surface area contributed by atoms with Gasteiger partial charge in [-0.2, -0.15) is 0 Å². The summed E-state index contributed by atoms with van der Waals surface area (Å²) in [6.07, 6.45) is 6.44. The van der Waals surface area contributed by atoms with Crippen molar-refractivity contribution in [2.75, 3.05) is 6.54 Å². The van der Waals surface area contributed by atoms with Gasteiger partial charge in [-0.15, -0.1) is 12.4 Å². The molecule has 1 aliphatic carbocycles. The zero-order valence-electron chi connectivity index (χ0n) is 11.6. The normalized spacial score (nSPS) is 36.3. The highest BCUT2D eigenvalue weighted by molar-refractivity contribution is 5.85. The lowest BCUT2D eigenvalue weighted by Crippen LogP contribution is -2.42. The summed E-state index contributed by atoms with van der Waals surface area (Å²) < 4.78 is 0. The number of hydrogen-bond acceptors (Lipinski definition) is 2. The highest BCUT2D eigenvalue weighted by Gasteiger charge is 2.36. The van der Waals surface area contributed by atoms with Gasteiger partial charge in [0.25, 0.3) is 0 Å². The van der Waals surface area contributed by atoms with Crippen molar-refractivity contribution in [1.82, 2.24) is 4.90 Å². The average molecular weight is 275 g/mol. The lowest BCUT2D eigenvalue weighted by atomic mass is 9.85. The molecule has 3 nitrogen and oxygen atoms in total. The number of rotatable bonds is 2. The van der Waals surface area contributed by atoms with Crippen molar-refractivity contribution >= 4 is 18.3 Å². The van der Waals surface area contributed by atoms with E-state index in [0.29, 0.717) is 17.9 Å². The molecule has 2 aliphatic rings. The minimum atomic E-state index is 0. The largest absolute Gasteiger partial charge is 0.339 e. The number of nitrogens with two attached hydrogens (primary N) is 1. The maximum absolute atomic E-state index is 12.5. The fourth-order valence-corrected chi connectivity index (χ4v) is 3.49. The summed E-state index contributed by atoms with van der Waals surface area (Å²) in [6, 6.07) is 0.730. The highest BCUT2D eigenvalue weighted by Crippen LogP contribution is 2.31. The predicted octanol–water partition coefficient (Wildman–Crippen LogP) is 2.57. The first-order valence-corrected chi connectivity index (χ1v) is 7.17. The molecule has 4 unspecified atom stereocenters. The van der Waals surface area contributed by atoms with Crippen molar-refractivity contribution in [2.24, 2.45) is 17.6 Å². The van der Waals surface area contributed by atoms with E-state index in [-0.39, 0.29) is 24.4 Å². The van der Waals surface area contributed by atoms with Gasteiger partial charge in [0, 0.05) is 24.5 Å². The maximum Gasteiger partial charge on any atom is 0.225 e. The van der Waals surface area contributed by atoms with Crippen molar-refractivity contribution in [3.8, 4) is 0 Å². The van der Waals surface area contributed by atoms with E-state index in [0.717, 1.165) is 38.6 Å². The van der Waals surface area contributed by atoms with Gasteiger partial charge in [-0.25, -0.2) is 0 Å². The number of amides is 1. The van der Waals surface area contributed by atoms with E-state index in [1.54, 1.807) is 0 Å². The molecule has 1 aliphatic heterocycles. The van der Waals surface area contributed by atoms with Crippen LogP contribution in [0.15, 0.2) is 0 Å². The van der Waals surface area contributed by atoms with E-state index in [1.807, 2.05) is 0 Å². The first-order chi connectivity index (χ1) is 8.11. The minimum absolute atomic E-state index is 0. The van der Waals surface area contributed by atoms with E-state index >= 15 is 0 Å². The fourth-order valence-electron chi connectivity index (χ4n) is 3.49. The van der Waals surface area contributed by atoms with E-state index in [1.165, 1.54) is 6.42 Å². The number of halogens is 1. The van der Waals surface area contributed by atoms with Crippen LogP contribution in [0.2, 0.25) is 0 Å². The molecule has 106 valence electrons. The molecule has 0 radical (unpaired) electrons. The Kier molecular flexibility index (Phi) is 5.93. The molecule has 4 atom stereocenters. The van der Waals surface area contributed by atoms with Crippen molar-refractivity contribution in [3.05, 3.63) is 0 Å². The summed E-state index contributed by atoms with van der Waals surface area (Å²) in [6.45, 7) is 5.40. The van der Waals surface area contributed by atoms with Crippen molar-refractivity contribution in [3.63, 3.8) is 0 Å². The Morgan fingerprint density at radius 2 is 2.06 bits per heavy atom. The molecule has 0 aromatic heterocycles. The van der Waals surface area contributed by atoms with Gasteiger partial charge in [0.15, 0.2) is 0 Å². The summed E-state index contributed by atoms with van der Waals surface area (Å²) in [5, 5.41) is 0. The van der Waals surface area contributed by atoms with Gasteiger partial charge in [0.1, 0.15) is 0 Å². The Hall–Kier alpha value is -0.280. The van der Waals surface area contributed by atoms with E-state index < -0.39 is 0 Å². The summed E-state index contributed by atoms with van der Waals surface area (Å²) in [4.78, 5) is 14.7. The molecule has 1 saturated carbocycles. The molecule has 0 aromatic carbocycles. The Morgan fingerprint density at radius 1 is 1.33 bits per heavy atom. The van der Waals surface area contributed by atoms with Crippen molar-refractivity contribution in [2.45, 2.75) is 64.5 Å². The summed E-state index contributed by atoms with van der Waals surface area (Å²) >= 11 is 0. The SMILES string of the molecule is CCC1CC(C)CN1C(=O)C1CCCC(N)C1.Cl. The average Bonchev–Trinajstić information content (AvgIpc) is 2.69. The summed E-state index contributed by atoms with van der Waals surface area (Å²) in [5.74, 6) is 1.26. The number of carbonyl (C=O) groups excluding carboxylic acids is 1. The van der Waals surface area contributed by atoms with Crippen LogP contribution in [0.4, 0.5) is 0 Å². The zero-order chi connectivity index (χ0) is 12.4. The number of nitrogens with zero attached hydrogens (tertiary/aromatic N) is 1. The van der Waals surface area contributed by atoms with Crippen molar-refractivity contribution in [1.29, 1.82) is 0 Å². The number of likely N-dealkylation sites (tertiary alicyclic amines) is 1. The third kappa shape index (κ3) is 3.39. The molecular weight excluding hydrogens is 248 g/mol. The van der Waals surface area contributed by atoms with Crippen LogP contribution < -0.4 is 5.73 Å². The van der Waals surface area contributed by atoms with Crippen LogP contribution in [0.5, 0.6) is 0 Å². The van der Waals surface area contributed by atoms with Gasteiger partial charge in [0.2, 0.25) is 5.91 Å². The third-order valence-electron chi connectivity index (χ3n) is 4.44. The van der Waals surface area contributed by atoms with Gasteiger partial charge in [-0.3, -0.25) is 4.79 Å². The predicted molar refractivity (Wildman–Crippen MR) is 76.8 cm³/mol. The molecule has 1 saturated heterocycles. The van der Waals surface area contributed by atoms with Gasteiger partial charge >= 0.3 is 0 Å². The summed E-state index contributed by atoms with van der Waals surface area (Å²) in [7, 11) is 0. The molecule has 18 heavy (non-hydrogen) atoms. The molecule has 4 heteroatoms. The van der Waals surface area contributed by atoms with Gasteiger partial charge in [-0.05, 0) is 38.0 Å². The van der Waals surface area contributed by atoms with Crippen LogP contribution in [0.1, 0.15) is 52.4 Å². The van der Waals surface area contributed by atoms with E-state index in [2.05, 4.69) is 18.7 Å². The molecule has 2 rings (SSSR count). The van der Waals surface area contributed by atoms with Crippen LogP contribution in [0, 0.1) is 11.8 Å². The van der Waals surface area contributed by atoms with E-state index in [4.69, 9.17) is 5.73 Å². The lowest BCUT2D eigenvalue weighted by molar-refractivity contribution is -0.137. The molecule has 0 bridgehead atoms.